The standard InChI is InChI=1S/C9H13F5O2/c10-8(11,5-9(12,13)14)6-16-7-2-1-3-15-4-7/h7H,1-6H2. The Morgan fingerprint density at radius 2 is 1.88 bits per heavy atom. The van der Waals surface area contributed by atoms with Gasteiger partial charge in [-0.1, -0.05) is 0 Å². The highest BCUT2D eigenvalue weighted by atomic mass is 19.4. The summed E-state index contributed by atoms with van der Waals surface area (Å²) in [5, 5.41) is 0. The minimum atomic E-state index is -4.88. The van der Waals surface area contributed by atoms with Crippen LogP contribution in [-0.4, -0.2) is 38.0 Å². The van der Waals surface area contributed by atoms with Crippen LogP contribution in [-0.2, 0) is 9.47 Å². The second-order valence-corrected chi connectivity index (χ2v) is 3.80. The fourth-order valence-electron chi connectivity index (χ4n) is 1.43. The molecule has 0 amide bonds. The molecule has 1 atom stereocenters. The quantitative estimate of drug-likeness (QED) is 0.712. The molecule has 0 aromatic carbocycles. The third-order valence-corrected chi connectivity index (χ3v) is 2.11. The van der Waals surface area contributed by atoms with E-state index in [0.29, 0.717) is 19.4 Å². The molecule has 1 saturated heterocycles. The number of rotatable bonds is 4. The van der Waals surface area contributed by atoms with E-state index < -0.39 is 31.2 Å². The van der Waals surface area contributed by atoms with Gasteiger partial charge < -0.3 is 9.47 Å². The highest BCUT2D eigenvalue weighted by Gasteiger charge is 2.44. The minimum Gasteiger partial charge on any atom is -0.379 e. The predicted octanol–water partition coefficient (Wildman–Crippen LogP) is 2.77. The molecule has 2 nitrogen and oxygen atoms in total. The summed E-state index contributed by atoms with van der Waals surface area (Å²) in [7, 11) is 0. The van der Waals surface area contributed by atoms with Crippen molar-refractivity contribution in [1.82, 2.24) is 0 Å². The topological polar surface area (TPSA) is 18.5 Å². The maximum atomic E-state index is 12.8. The average molecular weight is 248 g/mol. The highest BCUT2D eigenvalue weighted by Crippen LogP contribution is 2.32. The first-order valence-corrected chi connectivity index (χ1v) is 4.92. The van der Waals surface area contributed by atoms with E-state index in [4.69, 9.17) is 9.47 Å². The summed E-state index contributed by atoms with van der Waals surface area (Å²) in [5.74, 6) is -3.87. The molecule has 96 valence electrons. The molecule has 0 aromatic rings. The number of alkyl halides is 5. The van der Waals surface area contributed by atoms with Crippen molar-refractivity contribution in [2.24, 2.45) is 0 Å². The van der Waals surface area contributed by atoms with Crippen molar-refractivity contribution in [3.63, 3.8) is 0 Å². The molecule has 0 aliphatic carbocycles. The van der Waals surface area contributed by atoms with Gasteiger partial charge >= 0.3 is 6.18 Å². The van der Waals surface area contributed by atoms with Gasteiger partial charge in [0.15, 0.2) is 0 Å². The third kappa shape index (κ3) is 5.60. The summed E-state index contributed by atoms with van der Waals surface area (Å²) in [5.41, 5.74) is 0. The van der Waals surface area contributed by atoms with E-state index in [1.54, 1.807) is 0 Å². The van der Waals surface area contributed by atoms with Crippen LogP contribution < -0.4 is 0 Å². The van der Waals surface area contributed by atoms with E-state index >= 15 is 0 Å². The van der Waals surface area contributed by atoms with Crippen molar-refractivity contribution >= 4 is 0 Å². The Morgan fingerprint density at radius 1 is 1.19 bits per heavy atom. The van der Waals surface area contributed by atoms with Crippen molar-refractivity contribution in [2.45, 2.75) is 37.5 Å². The molecule has 1 heterocycles. The molecular formula is C9H13F5O2. The molecular weight excluding hydrogens is 235 g/mol. The second-order valence-electron chi connectivity index (χ2n) is 3.80. The lowest BCUT2D eigenvalue weighted by molar-refractivity contribution is -0.209. The van der Waals surface area contributed by atoms with E-state index in [1.807, 2.05) is 0 Å². The normalized spacial score (nSPS) is 23.4. The highest BCUT2D eigenvalue weighted by molar-refractivity contribution is 4.72. The SMILES string of the molecule is FC(F)(F)CC(F)(F)COC1CCCOC1. The largest absolute Gasteiger partial charge is 0.394 e. The van der Waals surface area contributed by atoms with E-state index in [0.717, 1.165) is 0 Å². The Balaban J connectivity index is 2.29. The first-order valence-electron chi connectivity index (χ1n) is 4.92. The van der Waals surface area contributed by atoms with Gasteiger partial charge in [-0.3, -0.25) is 0 Å². The molecule has 0 spiro atoms. The summed E-state index contributed by atoms with van der Waals surface area (Å²) in [6.07, 6.45) is -6.32. The lowest BCUT2D eigenvalue weighted by atomic mass is 10.2. The molecule has 1 rings (SSSR count). The zero-order chi connectivity index (χ0) is 12.2. The predicted molar refractivity (Wildman–Crippen MR) is 45.4 cm³/mol. The van der Waals surface area contributed by atoms with Crippen molar-refractivity contribution in [2.75, 3.05) is 19.8 Å². The van der Waals surface area contributed by atoms with E-state index in [9.17, 15) is 22.0 Å². The Morgan fingerprint density at radius 3 is 2.38 bits per heavy atom. The molecule has 0 aromatic heterocycles. The van der Waals surface area contributed by atoms with Crippen LogP contribution in [0.5, 0.6) is 0 Å². The van der Waals surface area contributed by atoms with Gasteiger partial charge in [0.1, 0.15) is 13.0 Å². The summed E-state index contributed by atoms with van der Waals surface area (Å²) in [4.78, 5) is 0. The van der Waals surface area contributed by atoms with Crippen LogP contribution in [0.25, 0.3) is 0 Å². The lowest BCUT2D eigenvalue weighted by Crippen LogP contribution is -2.35. The minimum absolute atomic E-state index is 0.169. The van der Waals surface area contributed by atoms with Gasteiger partial charge in [-0.05, 0) is 12.8 Å². The van der Waals surface area contributed by atoms with Crippen molar-refractivity contribution < 1.29 is 31.4 Å². The summed E-state index contributed by atoms with van der Waals surface area (Å²) in [6.45, 7) is -0.499. The average Bonchev–Trinajstić information content (AvgIpc) is 2.13. The van der Waals surface area contributed by atoms with Crippen molar-refractivity contribution in [1.29, 1.82) is 0 Å². The number of ether oxygens (including phenoxy) is 2. The number of hydrogen-bond donors (Lipinski definition) is 0. The molecule has 16 heavy (non-hydrogen) atoms. The molecule has 7 heteroatoms. The summed E-state index contributed by atoms with van der Waals surface area (Å²) in [6, 6.07) is 0. The molecule has 1 aliphatic heterocycles. The molecule has 0 N–H and O–H groups in total. The van der Waals surface area contributed by atoms with Crippen LogP contribution in [0, 0.1) is 0 Å². The van der Waals surface area contributed by atoms with Crippen LogP contribution in [0.15, 0.2) is 0 Å². The summed E-state index contributed by atoms with van der Waals surface area (Å²) < 4.78 is 70.5. The maximum Gasteiger partial charge on any atom is 0.394 e. The van der Waals surface area contributed by atoms with Crippen LogP contribution in [0.1, 0.15) is 19.3 Å². The van der Waals surface area contributed by atoms with Gasteiger partial charge in [-0.2, -0.15) is 13.2 Å². The Labute approximate surface area is 89.7 Å². The van der Waals surface area contributed by atoms with Crippen LogP contribution in [0.2, 0.25) is 0 Å². The molecule has 0 bridgehead atoms. The Hall–Kier alpha value is -0.430. The van der Waals surface area contributed by atoms with Gasteiger partial charge in [-0.15, -0.1) is 0 Å². The lowest BCUT2D eigenvalue weighted by Gasteiger charge is -2.25. The van der Waals surface area contributed by atoms with Crippen LogP contribution >= 0.6 is 0 Å². The maximum absolute atomic E-state index is 12.8. The van der Waals surface area contributed by atoms with Gasteiger partial charge in [0.2, 0.25) is 0 Å². The fraction of sp³-hybridized carbons (Fsp3) is 1.00. The third-order valence-electron chi connectivity index (χ3n) is 2.11. The van der Waals surface area contributed by atoms with Crippen molar-refractivity contribution in [3.8, 4) is 0 Å². The monoisotopic (exact) mass is 248 g/mol. The summed E-state index contributed by atoms with van der Waals surface area (Å²) >= 11 is 0. The van der Waals surface area contributed by atoms with E-state index in [2.05, 4.69) is 0 Å². The fourth-order valence-corrected chi connectivity index (χ4v) is 1.43. The van der Waals surface area contributed by atoms with Gasteiger partial charge in [0.25, 0.3) is 5.92 Å². The van der Waals surface area contributed by atoms with E-state index in [-0.39, 0.29) is 6.61 Å². The van der Waals surface area contributed by atoms with Crippen LogP contribution in [0.4, 0.5) is 22.0 Å². The number of halogens is 5. The molecule has 1 fully saturated rings. The Bertz CT molecular complexity index is 210. The zero-order valence-corrected chi connectivity index (χ0v) is 8.53. The second kappa shape index (κ2) is 5.27. The van der Waals surface area contributed by atoms with E-state index in [1.165, 1.54) is 0 Å². The molecule has 1 unspecified atom stereocenters. The van der Waals surface area contributed by atoms with Gasteiger partial charge in [0, 0.05) is 6.61 Å². The van der Waals surface area contributed by atoms with Crippen LogP contribution in [0.3, 0.4) is 0 Å². The first-order chi connectivity index (χ1) is 7.29. The molecule has 0 radical (unpaired) electrons. The van der Waals surface area contributed by atoms with Gasteiger partial charge in [0.05, 0.1) is 12.7 Å². The molecule has 1 aliphatic rings. The van der Waals surface area contributed by atoms with Gasteiger partial charge in [-0.25, -0.2) is 8.78 Å². The van der Waals surface area contributed by atoms with Crippen molar-refractivity contribution in [3.05, 3.63) is 0 Å². The first kappa shape index (κ1) is 13.6. The smallest absolute Gasteiger partial charge is 0.379 e. The zero-order valence-electron chi connectivity index (χ0n) is 8.53. The molecule has 0 saturated carbocycles. The Kier molecular flexibility index (Phi) is 4.49. The number of hydrogen-bond acceptors (Lipinski definition) is 2.